The average molecular weight is 328 g/mol. The van der Waals surface area contributed by atoms with E-state index in [2.05, 4.69) is 5.10 Å². The van der Waals surface area contributed by atoms with Crippen LogP contribution in [0.25, 0.3) is 0 Å². The second kappa shape index (κ2) is 7.16. The fourth-order valence-electron chi connectivity index (χ4n) is 2.11. The highest BCUT2D eigenvalue weighted by molar-refractivity contribution is 6.32. The van der Waals surface area contributed by atoms with Crippen LogP contribution in [0.2, 0.25) is 10.0 Å². The first kappa shape index (κ1) is 16.1. The van der Waals surface area contributed by atoms with Crippen molar-refractivity contribution in [2.24, 2.45) is 12.8 Å². The molecule has 1 aromatic heterocycles. The third kappa shape index (κ3) is 4.13. The number of nitrogens with two attached hydrogens (primary N) is 1. The first-order chi connectivity index (χ1) is 10.0. The van der Waals surface area contributed by atoms with E-state index in [1.165, 1.54) is 0 Å². The van der Waals surface area contributed by atoms with Crippen molar-refractivity contribution >= 4 is 23.2 Å². The van der Waals surface area contributed by atoms with Crippen LogP contribution in [-0.2, 0) is 19.9 Å². The molecule has 0 aliphatic heterocycles. The zero-order valence-corrected chi connectivity index (χ0v) is 13.7. The van der Waals surface area contributed by atoms with Gasteiger partial charge in [-0.05, 0) is 24.6 Å². The molecule has 1 aromatic carbocycles. The number of halogens is 2. The highest BCUT2D eigenvalue weighted by Crippen LogP contribution is 2.22. The Morgan fingerprint density at radius 3 is 2.76 bits per heavy atom. The van der Waals surface area contributed by atoms with E-state index in [9.17, 15) is 0 Å². The zero-order valence-electron chi connectivity index (χ0n) is 12.1. The lowest BCUT2D eigenvalue weighted by Gasteiger charge is -2.14. The largest absolute Gasteiger partial charge is 0.492 e. The summed E-state index contributed by atoms with van der Waals surface area (Å²) in [5.41, 5.74) is 7.96. The lowest BCUT2D eigenvalue weighted by atomic mass is 10.1. The molecule has 1 heterocycles. The summed E-state index contributed by atoms with van der Waals surface area (Å²) in [6, 6.07) is 7.09. The number of nitrogens with zero attached hydrogens (tertiary/aromatic N) is 2. The molecule has 0 amide bonds. The van der Waals surface area contributed by atoms with Crippen molar-refractivity contribution in [3.05, 3.63) is 45.7 Å². The van der Waals surface area contributed by atoms with Crippen LogP contribution in [0.3, 0.4) is 0 Å². The van der Waals surface area contributed by atoms with Crippen LogP contribution in [0.4, 0.5) is 0 Å². The third-order valence-corrected chi connectivity index (χ3v) is 3.89. The van der Waals surface area contributed by atoms with Crippen LogP contribution in [0.5, 0.6) is 5.75 Å². The summed E-state index contributed by atoms with van der Waals surface area (Å²) in [7, 11) is 1.88. The molecular formula is C15H19Cl2N3O. The lowest BCUT2D eigenvalue weighted by molar-refractivity contribution is 0.286. The van der Waals surface area contributed by atoms with E-state index in [1.54, 1.807) is 16.8 Å². The molecule has 6 heteroatoms. The molecule has 0 spiro atoms. The van der Waals surface area contributed by atoms with E-state index in [0.717, 1.165) is 17.8 Å². The summed E-state index contributed by atoms with van der Waals surface area (Å²) in [6.45, 7) is 2.42. The van der Waals surface area contributed by atoms with Gasteiger partial charge in [0.2, 0.25) is 0 Å². The second-order valence-corrected chi connectivity index (χ2v) is 5.73. The quantitative estimate of drug-likeness (QED) is 0.886. The summed E-state index contributed by atoms with van der Waals surface area (Å²) in [4.78, 5) is 0. The summed E-state index contributed by atoms with van der Waals surface area (Å²) in [5, 5.41) is 5.73. The predicted molar refractivity (Wildman–Crippen MR) is 86.2 cm³/mol. The normalized spacial score (nSPS) is 12.4. The highest BCUT2D eigenvalue weighted by atomic mass is 35.5. The van der Waals surface area contributed by atoms with E-state index >= 15 is 0 Å². The van der Waals surface area contributed by atoms with E-state index < -0.39 is 0 Å². The SMILES string of the molecule is CCc1nn(C)c(CC(N)COc2cccc(Cl)c2)c1Cl. The molecule has 0 saturated carbocycles. The molecule has 1 atom stereocenters. The van der Waals surface area contributed by atoms with Gasteiger partial charge in [-0.15, -0.1) is 0 Å². The van der Waals surface area contributed by atoms with Crippen molar-refractivity contribution in [3.8, 4) is 5.75 Å². The van der Waals surface area contributed by atoms with E-state index in [-0.39, 0.29) is 6.04 Å². The summed E-state index contributed by atoms with van der Waals surface area (Å²) in [6.07, 6.45) is 1.42. The summed E-state index contributed by atoms with van der Waals surface area (Å²) < 4.78 is 7.44. The van der Waals surface area contributed by atoms with Crippen LogP contribution >= 0.6 is 23.2 Å². The Hall–Kier alpha value is -1.23. The molecule has 21 heavy (non-hydrogen) atoms. The van der Waals surface area contributed by atoms with Gasteiger partial charge in [0.25, 0.3) is 0 Å². The van der Waals surface area contributed by atoms with Crippen LogP contribution in [0.1, 0.15) is 18.3 Å². The summed E-state index contributed by atoms with van der Waals surface area (Å²) >= 11 is 12.2. The topological polar surface area (TPSA) is 53.1 Å². The Morgan fingerprint density at radius 1 is 1.38 bits per heavy atom. The number of rotatable bonds is 6. The van der Waals surface area contributed by atoms with Gasteiger partial charge in [0.1, 0.15) is 12.4 Å². The maximum Gasteiger partial charge on any atom is 0.120 e. The van der Waals surface area contributed by atoms with Crippen molar-refractivity contribution in [1.29, 1.82) is 0 Å². The van der Waals surface area contributed by atoms with Gasteiger partial charge >= 0.3 is 0 Å². The van der Waals surface area contributed by atoms with Crippen molar-refractivity contribution in [2.75, 3.05) is 6.61 Å². The standard InChI is InChI=1S/C15H19Cl2N3O/c1-3-13-15(17)14(20(2)19-13)8-11(18)9-21-12-6-4-5-10(16)7-12/h4-7,11H,3,8-9,18H2,1-2H3. The Labute approximate surface area is 134 Å². The van der Waals surface area contributed by atoms with Gasteiger partial charge in [-0.2, -0.15) is 5.10 Å². The minimum atomic E-state index is -0.165. The minimum Gasteiger partial charge on any atom is -0.492 e. The number of aryl methyl sites for hydroxylation is 2. The minimum absolute atomic E-state index is 0.165. The molecule has 0 aliphatic carbocycles. The predicted octanol–water partition coefficient (Wildman–Crippen LogP) is 3.24. The first-order valence-electron chi connectivity index (χ1n) is 6.85. The maximum absolute atomic E-state index is 6.31. The number of ether oxygens (including phenoxy) is 1. The molecule has 1 unspecified atom stereocenters. The van der Waals surface area contributed by atoms with Crippen LogP contribution < -0.4 is 10.5 Å². The number of benzene rings is 1. The number of aromatic nitrogens is 2. The van der Waals surface area contributed by atoms with Gasteiger partial charge in [-0.25, -0.2) is 0 Å². The lowest BCUT2D eigenvalue weighted by Crippen LogP contribution is -2.31. The number of hydrogen-bond acceptors (Lipinski definition) is 3. The van der Waals surface area contributed by atoms with Crippen LogP contribution in [0, 0.1) is 0 Å². The first-order valence-corrected chi connectivity index (χ1v) is 7.61. The fourth-order valence-corrected chi connectivity index (χ4v) is 2.66. The molecule has 114 valence electrons. The van der Waals surface area contributed by atoms with Crippen LogP contribution in [0.15, 0.2) is 24.3 Å². The molecule has 2 aromatic rings. The van der Waals surface area contributed by atoms with Crippen molar-refractivity contribution < 1.29 is 4.74 Å². The highest BCUT2D eigenvalue weighted by Gasteiger charge is 2.16. The average Bonchev–Trinajstić information content (AvgIpc) is 2.72. The van der Waals surface area contributed by atoms with Gasteiger partial charge in [-0.1, -0.05) is 36.2 Å². The molecule has 0 bridgehead atoms. The van der Waals surface area contributed by atoms with Gasteiger partial charge in [0, 0.05) is 24.5 Å². The Bertz CT molecular complexity index is 613. The fraction of sp³-hybridized carbons (Fsp3) is 0.400. The van der Waals surface area contributed by atoms with Crippen molar-refractivity contribution in [2.45, 2.75) is 25.8 Å². The monoisotopic (exact) mass is 327 g/mol. The van der Waals surface area contributed by atoms with E-state index in [4.69, 9.17) is 33.7 Å². The third-order valence-electron chi connectivity index (χ3n) is 3.22. The van der Waals surface area contributed by atoms with Gasteiger partial charge < -0.3 is 10.5 Å². The van der Waals surface area contributed by atoms with Gasteiger partial charge in [0.15, 0.2) is 0 Å². The zero-order chi connectivity index (χ0) is 15.4. The molecule has 2 rings (SSSR count). The second-order valence-electron chi connectivity index (χ2n) is 4.92. The van der Waals surface area contributed by atoms with Crippen molar-refractivity contribution in [1.82, 2.24) is 9.78 Å². The molecule has 0 fully saturated rings. The molecule has 2 N–H and O–H groups in total. The Morgan fingerprint density at radius 2 is 2.14 bits per heavy atom. The van der Waals surface area contributed by atoms with E-state index in [1.807, 2.05) is 26.1 Å². The van der Waals surface area contributed by atoms with E-state index in [0.29, 0.717) is 28.8 Å². The molecule has 4 nitrogen and oxygen atoms in total. The Kier molecular flexibility index (Phi) is 5.51. The van der Waals surface area contributed by atoms with Gasteiger partial charge in [-0.3, -0.25) is 4.68 Å². The smallest absolute Gasteiger partial charge is 0.120 e. The van der Waals surface area contributed by atoms with Crippen molar-refractivity contribution in [3.63, 3.8) is 0 Å². The molecular weight excluding hydrogens is 309 g/mol. The maximum atomic E-state index is 6.31. The molecule has 0 aliphatic rings. The van der Waals surface area contributed by atoms with Crippen LogP contribution in [-0.4, -0.2) is 22.4 Å². The molecule has 0 saturated heterocycles. The molecule has 0 radical (unpaired) electrons. The number of hydrogen-bond donors (Lipinski definition) is 1. The Balaban J connectivity index is 1.96. The van der Waals surface area contributed by atoms with Gasteiger partial charge in [0.05, 0.1) is 16.4 Å². The summed E-state index contributed by atoms with van der Waals surface area (Å²) in [5.74, 6) is 0.711.